The monoisotopic (exact) mass is 243 g/mol. The van der Waals surface area contributed by atoms with Gasteiger partial charge in [0.1, 0.15) is 5.84 Å². The van der Waals surface area contributed by atoms with Crippen molar-refractivity contribution in [1.29, 1.82) is 0 Å². The van der Waals surface area contributed by atoms with E-state index in [0.717, 1.165) is 23.6 Å². The molecule has 1 saturated carbocycles. The molecule has 18 heavy (non-hydrogen) atoms. The molecule has 0 bridgehead atoms. The Hall–Kier alpha value is -1.84. The second-order valence-corrected chi connectivity index (χ2v) is 5.14. The molecule has 1 fully saturated rings. The highest BCUT2D eigenvalue weighted by Gasteiger charge is 2.35. The number of aliphatic imine (C=N–C) groups is 1. The first-order valence-electron chi connectivity index (χ1n) is 6.41. The maximum absolute atomic E-state index is 11.1. The Balaban J connectivity index is 2.01. The molecule has 0 saturated heterocycles. The Labute approximate surface area is 106 Å². The standard InChI is InChI=1S/C14H17N3O/c1-8(18)16-9-5-6-11-10-3-2-4-12(10)14(15)17-13(11)7-9/h5-7,10,12H,2-4H2,1H3,(H2,15,17)(H,16,18). The van der Waals surface area contributed by atoms with Gasteiger partial charge in [0.2, 0.25) is 5.91 Å². The van der Waals surface area contributed by atoms with Crippen LogP contribution in [0.2, 0.25) is 0 Å². The highest BCUT2D eigenvalue weighted by Crippen LogP contribution is 2.47. The number of carbonyl (C=O) groups is 1. The van der Waals surface area contributed by atoms with Gasteiger partial charge in [-0.1, -0.05) is 12.5 Å². The molecule has 2 aliphatic rings. The predicted molar refractivity (Wildman–Crippen MR) is 72.1 cm³/mol. The first-order valence-corrected chi connectivity index (χ1v) is 6.41. The average Bonchev–Trinajstić information content (AvgIpc) is 2.77. The number of nitrogens with zero attached hydrogens (tertiary/aromatic N) is 1. The van der Waals surface area contributed by atoms with Crippen LogP contribution in [0, 0.1) is 5.92 Å². The van der Waals surface area contributed by atoms with E-state index < -0.39 is 0 Å². The second kappa shape index (κ2) is 4.12. The molecule has 4 heteroatoms. The fourth-order valence-electron chi connectivity index (χ4n) is 3.14. The number of fused-ring (bicyclic) bond motifs is 3. The number of anilines is 1. The number of amidine groups is 1. The first-order chi connectivity index (χ1) is 8.65. The van der Waals surface area contributed by atoms with Crippen molar-refractivity contribution in [3.63, 3.8) is 0 Å². The molecule has 4 nitrogen and oxygen atoms in total. The number of amides is 1. The molecular formula is C14H17N3O. The van der Waals surface area contributed by atoms with Gasteiger partial charge in [0.25, 0.3) is 0 Å². The number of carbonyl (C=O) groups excluding carboxylic acids is 1. The summed E-state index contributed by atoms with van der Waals surface area (Å²) >= 11 is 0. The summed E-state index contributed by atoms with van der Waals surface area (Å²) < 4.78 is 0. The van der Waals surface area contributed by atoms with E-state index in [1.807, 2.05) is 12.1 Å². The van der Waals surface area contributed by atoms with Crippen molar-refractivity contribution in [1.82, 2.24) is 0 Å². The molecule has 1 aliphatic heterocycles. The lowest BCUT2D eigenvalue weighted by atomic mass is 9.85. The van der Waals surface area contributed by atoms with E-state index in [1.54, 1.807) is 0 Å². The van der Waals surface area contributed by atoms with Crippen molar-refractivity contribution < 1.29 is 4.79 Å². The molecule has 3 N–H and O–H groups in total. The molecular weight excluding hydrogens is 226 g/mol. The molecule has 1 aromatic rings. The summed E-state index contributed by atoms with van der Waals surface area (Å²) in [5.41, 5.74) is 9.03. The summed E-state index contributed by atoms with van der Waals surface area (Å²) in [6.45, 7) is 1.50. The first kappa shape index (κ1) is 11.3. The van der Waals surface area contributed by atoms with E-state index in [1.165, 1.54) is 25.3 Å². The maximum atomic E-state index is 11.1. The second-order valence-electron chi connectivity index (χ2n) is 5.14. The molecule has 2 unspecified atom stereocenters. The minimum Gasteiger partial charge on any atom is -0.387 e. The van der Waals surface area contributed by atoms with Crippen LogP contribution < -0.4 is 11.1 Å². The summed E-state index contributed by atoms with van der Waals surface area (Å²) in [5.74, 6) is 1.62. The van der Waals surface area contributed by atoms with Gasteiger partial charge in [-0.15, -0.1) is 0 Å². The molecule has 1 aliphatic carbocycles. The highest BCUT2D eigenvalue weighted by molar-refractivity contribution is 5.92. The third kappa shape index (κ3) is 1.78. The summed E-state index contributed by atoms with van der Waals surface area (Å²) in [5, 5.41) is 2.78. The Bertz CT molecular complexity index is 536. The normalized spacial score (nSPS) is 25.1. The van der Waals surface area contributed by atoms with Crippen LogP contribution in [0.1, 0.15) is 37.7 Å². The van der Waals surface area contributed by atoms with E-state index in [0.29, 0.717) is 11.8 Å². The lowest BCUT2D eigenvalue weighted by Crippen LogP contribution is -2.28. The number of benzene rings is 1. The number of nitrogens with one attached hydrogen (secondary N) is 1. The molecule has 1 aromatic carbocycles. The number of hydrogen-bond acceptors (Lipinski definition) is 3. The van der Waals surface area contributed by atoms with Gasteiger partial charge in [0, 0.05) is 18.5 Å². The van der Waals surface area contributed by atoms with Gasteiger partial charge in [-0.2, -0.15) is 0 Å². The van der Waals surface area contributed by atoms with Gasteiger partial charge < -0.3 is 11.1 Å². The van der Waals surface area contributed by atoms with E-state index in [4.69, 9.17) is 5.73 Å². The van der Waals surface area contributed by atoms with Crippen LogP contribution in [0.15, 0.2) is 23.2 Å². The Morgan fingerprint density at radius 3 is 2.94 bits per heavy atom. The minimum absolute atomic E-state index is 0.0681. The van der Waals surface area contributed by atoms with Gasteiger partial charge in [-0.3, -0.25) is 4.79 Å². The zero-order valence-corrected chi connectivity index (χ0v) is 10.4. The lowest BCUT2D eigenvalue weighted by molar-refractivity contribution is -0.114. The zero-order valence-electron chi connectivity index (χ0n) is 10.4. The third-order valence-corrected chi connectivity index (χ3v) is 3.90. The van der Waals surface area contributed by atoms with Crippen molar-refractivity contribution in [3.05, 3.63) is 23.8 Å². The molecule has 1 amide bonds. The largest absolute Gasteiger partial charge is 0.387 e. The Kier molecular flexibility index (Phi) is 2.58. The summed E-state index contributed by atoms with van der Waals surface area (Å²) in [7, 11) is 0. The van der Waals surface area contributed by atoms with Gasteiger partial charge >= 0.3 is 0 Å². The van der Waals surface area contributed by atoms with E-state index >= 15 is 0 Å². The number of hydrogen-bond donors (Lipinski definition) is 2. The zero-order chi connectivity index (χ0) is 12.7. The fraction of sp³-hybridized carbons (Fsp3) is 0.429. The Morgan fingerprint density at radius 2 is 2.17 bits per heavy atom. The summed E-state index contributed by atoms with van der Waals surface area (Å²) in [4.78, 5) is 15.6. The fourth-order valence-corrected chi connectivity index (χ4v) is 3.14. The lowest BCUT2D eigenvalue weighted by Gasteiger charge is -2.26. The predicted octanol–water partition coefficient (Wildman–Crippen LogP) is 2.53. The summed E-state index contributed by atoms with van der Waals surface area (Å²) in [6.07, 6.45) is 3.55. The van der Waals surface area contributed by atoms with Gasteiger partial charge in [0.05, 0.1) is 5.69 Å². The molecule has 0 spiro atoms. The van der Waals surface area contributed by atoms with Crippen molar-refractivity contribution >= 4 is 23.1 Å². The van der Waals surface area contributed by atoms with Gasteiger partial charge in [-0.05, 0) is 36.5 Å². The molecule has 94 valence electrons. The molecule has 3 rings (SSSR count). The summed E-state index contributed by atoms with van der Waals surface area (Å²) in [6, 6.07) is 5.95. The van der Waals surface area contributed by atoms with Crippen LogP contribution in [-0.2, 0) is 4.79 Å². The SMILES string of the molecule is CC(=O)Nc1ccc2c(c1)N=C(N)C1CCCC21. The van der Waals surface area contributed by atoms with Crippen LogP contribution >= 0.6 is 0 Å². The van der Waals surface area contributed by atoms with Crippen LogP contribution in [0.25, 0.3) is 0 Å². The number of nitrogens with two attached hydrogens (primary N) is 1. The van der Waals surface area contributed by atoms with Crippen molar-refractivity contribution in [2.75, 3.05) is 5.32 Å². The van der Waals surface area contributed by atoms with Crippen molar-refractivity contribution in [2.24, 2.45) is 16.6 Å². The smallest absolute Gasteiger partial charge is 0.221 e. The molecule has 2 atom stereocenters. The van der Waals surface area contributed by atoms with E-state index in [9.17, 15) is 4.79 Å². The molecule has 1 heterocycles. The third-order valence-electron chi connectivity index (χ3n) is 3.90. The van der Waals surface area contributed by atoms with Gasteiger partial charge in [-0.25, -0.2) is 4.99 Å². The molecule has 0 aromatic heterocycles. The van der Waals surface area contributed by atoms with E-state index in [2.05, 4.69) is 16.4 Å². The van der Waals surface area contributed by atoms with Crippen LogP contribution in [0.4, 0.5) is 11.4 Å². The minimum atomic E-state index is -0.0681. The molecule has 0 radical (unpaired) electrons. The maximum Gasteiger partial charge on any atom is 0.221 e. The van der Waals surface area contributed by atoms with Crippen LogP contribution in [0.3, 0.4) is 0 Å². The Morgan fingerprint density at radius 1 is 1.39 bits per heavy atom. The van der Waals surface area contributed by atoms with Gasteiger partial charge in [0.15, 0.2) is 0 Å². The average molecular weight is 243 g/mol. The van der Waals surface area contributed by atoms with E-state index in [-0.39, 0.29) is 5.91 Å². The number of rotatable bonds is 1. The van der Waals surface area contributed by atoms with Crippen molar-refractivity contribution in [2.45, 2.75) is 32.1 Å². The van der Waals surface area contributed by atoms with Crippen molar-refractivity contribution in [3.8, 4) is 0 Å². The van der Waals surface area contributed by atoms with Crippen LogP contribution in [0.5, 0.6) is 0 Å². The quantitative estimate of drug-likeness (QED) is 0.795. The van der Waals surface area contributed by atoms with Crippen LogP contribution in [-0.4, -0.2) is 11.7 Å². The highest BCUT2D eigenvalue weighted by atomic mass is 16.1. The topological polar surface area (TPSA) is 67.5 Å².